The van der Waals surface area contributed by atoms with E-state index in [0.717, 1.165) is 42.9 Å². The van der Waals surface area contributed by atoms with Gasteiger partial charge >= 0.3 is 0 Å². The summed E-state index contributed by atoms with van der Waals surface area (Å²) in [5.41, 5.74) is 2.13. The average molecular weight is 234 g/mol. The van der Waals surface area contributed by atoms with Crippen LogP contribution in [0.15, 0.2) is 6.07 Å². The van der Waals surface area contributed by atoms with Crippen LogP contribution in [0, 0.1) is 12.8 Å². The number of nitrogens with one attached hydrogen (secondary N) is 1. The molecule has 0 spiro atoms. The first-order chi connectivity index (χ1) is 8.19. The van der Waals surface area contributed by atoms with Crippen LogP contribution in [0.1, 0.15) is 31.2 Å². The molecule has 4 heteroatoms. The molecule has 1 saturated carbocycles. The molecule has 1 heterocycles. The third-order valence-electron chi connectivity index (χ3n) is 3.02. The molecule has 0 saturated heterocycles. The van der Waals surface area contributed by atoms with Crippen LogP contribution < -0.4 is 10.2 Å². The number of aromatic nitrogens is 2. The predicted molar refractivity (Wildman–Crippen MR) is 70.1 cm³/mol. The molecule has 0 bridgehead atoms. The van der Waals surface area contributed by atoms with E-state index in [1.54, 1.807) is 0 Å². The third-order valence-corrected chi connectivity index (χ3v) is 3.02. The highest BCUT2D eigenvalue weighted by atomic mass is 15.2. The van der Waals surface area contributed by atoms with Gasteiger partial charge in [0, 0.05) is 25.8 Å². The second-order valence-electron chi connectivity index (χ2n) is 4.90. The molecular weight excluding hydrogens is 212 g/mol. The largest absolute Gasteiger partial charge is 0.344 e. The van der Waals surface area contributed by atoms with Crippen molar-refractivity contribution >= 4 is 5.95 Å². The van der Waals surface area contributed by atoms with Gasteiger partial charge in [-0.25, -0.2) is 9.97 Å². The van der Waals surface area contributed by atoms with Crippen molar-refractivity contribution in [1.29, 1.82) is 0 Å². The molecule has 1 aromatic heterocycles. The molecule has 0 atom stereocenters. The Kier molecular flexibility index (Phi) is 3.94. The lowest BCUT2D eigenvalue weighted by atomic mass is 10.3. The zero-order chi connectivity index (χ0) is 12.3. The molecule has 0 unspecified atom stereocenters. The first-order valence-electron chi connectivity index (χ1n) is 6.45. The fraction of sp³-hybridized carbons (Fsp3) is 0.692. The van der Waals surface area contributed by atoms with E-state index >= 15 is 0 Å². The topological polar surface area (TPSA) is 41.1 Å². The minimum Gasteiger partial charge on any atom is -0.344 e. The Morgan fingerprint density at radius 3 is 2.82 bits per heavy atom. The Labute approximate surface area is 103 Å². The highest BCUT2D eigenvalue weighted by Crippen LogP contribution is 2.30. The van der Waals surface area contributed by atoms with Crippen molar-refractivity contribution in [3.63, 3.8) is 0 Å². The van der Waals surface area contributed by atoms with Gasteiger partial charge < -0.3 is 10.2 Å². The SMILES string of the molecule is CCNCc1cc(C)nc(N(C)CC2CC2)n1. The smallest absolute Gasteiger partial charge is 0.225 e. The fourth-order valence-electron chi connectivity index (χ4n) is 1.90. The third kappa shape index (κ3) is 3.66. The van der Waals surface area contributed by atoms with E-state index in [1.807, 2.05) is 6.92 Å². The lowest BCUT2D eigenvalue weighted by molar-refractivity contribution is 0.698. The van der Waals surface area contributed by atoms with Crippen molar-refractivity contribution in [2.24, 2.45) is 5.92 Å². The second-order valence-corrected chi connectivity index (χ2v) is 4.90. The summed E-state index contributed by atoms with van der Waals surface area (Å²) in [7, 11) is 2.09. The summed E-state index contributed by atoms with van der Waals surface area (Å²) in [5.74, 6) is 1.73. The summed E-state index contributed by atoms with van der Waals surface area (Å²) < 4.78 is 0. The van der Waals surface area contributed by atoms with Crippen LogP contribution in [0.2, 0.25) is 0 Å². The molecule has 1 fully saturated rings. The average Bonchev–Trinajstić information content (AvgIpc) is 3.09. The molecule has 94 valence electrons. The standard InChI is InChI=1S/C13H22N4/c1-4-14-8-12-7-10(2)15-13(16-12)17(3)9-11-5-6-11/h7,11,14H,4-6,8-9H2,1-3H3. The van der Waals surface area contributed by atoms with Crippen LogP contribution in [0.3, 0.4) is 0 Å². The van der Waals surface area contributed by atoms with Gasteiger partial charge in [0.15, 0.2) is 0 Å². The Bertz CT molecular complexity index is 374. The summed E-state index contributed by atoms with van der Waals surface area (Å²) in [6.45, 7) is 7.02. The van der Waals surface area contributed by atoms with Gasteiger partial charge in [0.2, 0.25) is 5.95 Å². The van der Waals surface area contributed by atoms with Gasteiger partial charge in [-0.2, -0.15) is 0 Å². The van der Waals surface area contributed by atoms with Crippen molar-refractivity contribution in [3.8, 4) is 0 Å². The number of rotatable bonds is 6. The van der Waals surface area contributed by atoms with Crippen LogP contribution in [-0.2, 0) is 6.54 Å². The zero-order valence-electron chi connectivity index (χ0n) is 11.0. The van der Waals surface area contributed by atoms with E-state index in [9.17, 15) is 0 Å². The van der Waals surface area contributed by atoms with Crippen molar-refractivity contribution in [3.05, 3.63) is 17.5 Å². The summed E-state index contributed by atoms with van der Waals surface area (Å²) in [6.07, 6.45) is 2.72. The Balaban J connectivity index is 2.06. The highest BCUT2D eigenvalue weighted by molar-refractivity contribution is 5.31. The molecule has 17 heavy (non-hydrogen) atoms. The number of hydrogen-bond acceptors (Lipinski definition) is 4. The van der Waals surface area contributed by atoms with Crippen LogP contribution in [0.5, 0.6) is 0 Å². The van der Waals surface area contributed by atoms with E-state index in [4.69, 9.17) is 0 Å². The Morgan fingerprint density at radius 1 is 1.41 bits per heavy atom. The van der Waals surface area contributed by atoms with Crippen molar-refractivity contribution < 1.29 is 0 Å². The molecule has 1 aliphatic rings. The van der Waals surface area contributed by atoms with Crippen LogP contribution >= 0.6 is 0 Å². The minimum atomic E-state index is 0.824. The maximum atomic E-state index is 4.60. The minimum absolute atomic E-state index is 0.824. The monoisotopic (exact) mass is 234 g/mol. The normalized spacial score (nSPS) is 15.0. The van der Waals surface area contributed by atoms with Crippen LogP contribution in [0.25, 0.3) is 0 Å². The fourth-order valence-corrected chi connectivity index (χ4v) is 1.90. The van der Waals surface area contributed by atoms with Crippen molar-refractivity contribution in [2.75, 3.05) is 25.0 Å². The van der Waals surface area contributed by atoms with Gasteiger partial charge in [-0.1, -0.05) is 6.92 Å². The number of nitrogens with zero attached hydrogens (tertiary/aromatic N) is 3. The first kappa shape index (κ1) is 12.3. The van der Waals surface area contributed by atoms with Gasteiger partial charge in [-0.3, -0.25) is 0 Å². The summed E-state index contributed by atoms with van der Waals surface area (Å²) in [4.78, 5) is 11.3. The van der Waals surface area contributed by atoms with Gasteiger partial charge in [0.1, 0.15) is 0 Å². The molecule has 0 aliphatic heterocycles. The Morgan fingerprint density at radius 2 is 2.18 bits per heavy atom. The molecule has 1 aromatic rings. The van der Waals surface area contributed by atoms with E-state index < -0.39 is 0 Å². The molecule has 1 N–H and O–H groups in total. The number of aryl methyl sites for hydroxylation is 1. The van der Waals surface area contributed by atoms with Crippen molar-refractivity contribution in [2.45, 2.75) is 33.2 Å². The maximum Gasteiger partial charge on any atom is 0.225 e. The molecule has 2 rings (SSSR count). The van der Waals surface area contributed by atoms with E-state index in [1.165, 1.54) is 12.8 Å². The van der Waals surface area contributed by atoms with Gasteiger partial charge in [0.25, 0.3) is 0 Å². The second kappa shape index (κ2) is 5.45. The van der Waals surface area contributed by atoms with Gasteiger partial charge in [0.05, 0.1) is 5.69 Å². The van der Waals surface area contributed by atoms with E-state index in [2.05, 4.69) is 40.2 Å². The Hall–Kier alpha value is -1.16. The quantitative estimate of drug-likeness (QED) is 0.814. The van der Waals surface area contributed by atoms with Gasteiger partial charge in [-0.05, 0) is 38.3 Å². The molecule has 0 radical (unpaired) electrons. The molecular formula is C13H22N4. The lowest BCUT2D eigenvalue weighted by Gasteiger charge is -2.17. The van der Waals surface area contributed by atoms with Crippen LogP contribution in [0.4, 0.5) is 5.95 Å². The van der Waals surface area contributed by atoms with Crippen molar-refractivity contribution in [1.82, 2.24) is 15.3 Å². The van der Waals surface area contributed by atoms with E-state index in [0.29, 0.717) is 0 Å². The highest BCUT2D eigenvalue weighted by Gasteiger charge is 2.23. The van der Waals surface area contributed by atoms with Crippen LogP contribution in [-0.4, -0.2) is 30.1 Å². The lowest BCUT2D eigenvalue weighted by Crippen LogP contribution is -2.24. The molecule has 4 nitrogen and oxygen atoms in total. The maximum absolute atomic E-state index is 4.60. The summed E-state index contributed by atoms with van der Waals surface area (Å²) >= 11 is 0. The molecule has 0 amide bonds. The summed E-state index contributed by atoms with van der Waals surface area (Å²) in [5, 5.41) is 3.30. The molecule has 0 aromatic carbocycles. The van der Waals surface area contributed by atoms with Gasteiger partial charge in [-0.15, -0.1) is 0 Å². The van der Waals surface area contributed by atoms with E-state index in [-0.39, 0.29) is 0 Å². The first-order valence-corrected chi connectivity index (χ1v) is 6.45. The number of anilines is 1. The zero-order valence-corrected chi connectivity index (χ0v) is 11.0. The molecule has 1 aliphatic carbocycles. The summed E-state index contributed by atoms with van der Waals surface area (Å²) in [6, 6.07) is 2.05. The predicted octanol–water partition coefficient (Wildman–Crippen LogP) is 1.74. The number of hydrogen-bond donors (Lipinski definition) is 1.